The van der Waals surface area contributed by atoms with Crippen LogP contribution in [-0.2, 0) is 18.4 Å². The van der Waals surface area contributed by atoms with Crippen LogP contribution in [0.25, 0.3) is 33.6 Å². The van der Waals surface area contributed by atoms with Crippen LogP contribution in [0.1, 0.15) is 82.9 Å². The molecule has 3 aromatic heterocycles. The summed E-state index contributed by atoms with van der Waals surface area (Å²) in [5, 5.41) is 14.9. The number of hydrogen-bond donors (Lipinski definition) is 3. The van der Waals surface area contributed by atoms with Gasteiger partial charge in [0.05, 0.1) is 42.2 Å². The van der Waals surface area contributed by atoms with Crippen molar-refractivity contribution >= 4 is 33.9 Å². The number of nitrogens with one attached hydrogen (secondary N) is 1. The second-order valence-electron chi connectivity index (χ2n) is 14.9. The number of likely N-dealkylation sites (tertiary alicyclic amines) is 1. The molecule has 2 bridgehead atoms. The largest absolute Gasteiger partial charge is 0.494 e. The number of pyridine rings is 1. The van der Waals surface area contributed by atoms with E-state index in [1.165, 1.54) is 0 Å². The van der Waals surface area contributed by atoms with Crippen molar-refractivity contribution in [3.8, 4) is 17.3 Å². The smallest absolute Gasteiger partial charge is 0.254 e. The zero-order chi connectivity index (χ0) is 33.3. The Morgan fingerprint density at radius 3 is 2.54 bits per heavy atom. The molecule has 246 valence electrons. The van der Waals surface area contributed by atoms with Gasteiger partial charge in [-0.2, -0.15) is 0 Å². The average molecular weight is 630 g/mol. The normalized spacial score (nSPS) is 20.8. The number of aryl methyl sites for hydroxylation is 1. The Bertz CT molecular complexity index is 1830. The summed E-state index contributed by atoms with van der Waals surface area (Å²) in [6, 6.07) is 9.47. The van der Waals surface area contributed by atoms with Gasteiger partial charge in [-0.1, -0.05) is 20.8 Å². The third-order valence-electron chi connectivity index (χ3n) is 9.57. The maximum atomic E-state index is 13.9. The highest BCUT2D eigenvalue weighted by molar-refractivity contribution is 6.00. The predicted molar refractivity (Wildman–Crippen MR) is 178 cm³/mol. The first kappa shape index (κ1) is 32.0. The SMILES string of the molecule is COc1cc(C(=O)N2C[C@H](N)[C@@H]3CC[C@H]2C3)cc2nc(-c3cc4ccc([C@@H](C)NC(=O)C(C)(C)C)nc4n3CC(C)(C)O)n(C)c12. The lowest BCUT2D eigenvalue weighted by atomic mass is 9.94. The second kappa shape index (κ2) is 11.4. The van der Waals surface area contributed by atoms with Crippen molar-refractivity contribution in [3.63, 3.8) is 0 Å². The van der Waals surface area contributed by atoms with Gasteiger partial charge in [-0.05, 0) is 76.3 Å². The van der Waals surface area contributed by atoms with Gasteiger partial charge in [0.2, 0.25) is 5.91 Å². The number of ether oxygens (including phenoxy) is 1. The summed E-state index contributed by atoms with van der Waals surface area (Å²) in [6.07, 6.45) is 3.02. The highest BCUT2D eigenvalue weighted by Crippen LogP contribution is 2.39. The van der Waals surface area contributed by atoms with E-state index in [0.29, 0.717) is 46.5 Å². The lowest BCUT2D eigenvalue weighted by molar-refractivity contribution is -0.129. The summed E-state index contributed by atoms with van der Waals surface area (Å²) in [5.74, 6) is 1.59. The van der Waals surface area contributed by atoms with Gasteiger partial charge in [0, 0.05) is 42.0 Å². The summed E-state index contributed by atoms with van der Waals surface area (Å²) in [7, 11) is 3.52. The molecule has 0 unspecified atom stereocenters. The number of imidazole rings is 1. The molecule has 4 N–H and O–H groups in total. The number of hydrogen-bond acceptors (Lipinski definition) is 7. The van der Waals surface area contributed by atoms with E-state index in [9.17, 15) is 14.7 Å². The number of nitrogens with zero attached hydrogens (tertiary/aromatic N) is 5. The van der Waals surface area contributed by atoms with Crippen LogP contribution in [-0.4, -0.2) is 72.3 Å². The Kier molecular flexibility index (Phi) is 7.92. The average Bonchev–Trinajstić information content (AvgIpc) is 3.67. The second-order valence-corrected chi connectivity index (χ2v) is 14.9. The molecule has 46 heavy (non-hydrogen) atoms. The summed E-state index contributed by atoms with van der Waals surface area (Å²) >= 11 is 0. The monoisotopic (exact) mass is 629 g/mol. The number of rotatable bonds is 7. The Hall–Kier alpha value is -3.96. The molecule has 11 nitrogen and oxygen atoms in total. The van der Waals surface area contributed by atoms with E-state index < -0.39 is 11.0 Å². The van der Waals surface area contributed by atoms with Gasteiger partial charge in [-0.15, -0.1) is 0 Å². The standard InChI is InChI=1S/C35H47N7O4/c1-19(37-33(44)34(2,3)4)25-12-10-21-15-27(42(30(21)38-25)18-35(5,6)45)31-39-26-14-22(16-28(46-8)29(26)40(31)7)32(43)41-17-24(36)20-9-11-23(41)13-20/h10,12,14-16,19-20,23-24,45H,9,11,13,17-18,36H2,1-8H3,(H,37,44)/t19-,20-,23+,24+/m1/s1. The Labute approximate surface area is 270 Å². The molecular formula is C35H47N7O4. The van der Waals surface area contributed by atoms with Crippen molar-refractivity contribution in [2.24, 2.45) is 24.1 Å². The fourth-order valence-corrected chi connectivity index (χ4v) is 7.02. The molecule has 4 aromatic rings. The first-order valence-corrected chi connectivity index (χ1v) is 16.2. The first-order chi connectivity index (χ1) is 21.6. The molecule has 4 atom stereocenters. The van der Waals surface area contributed by atoms with Crippen molar-refractivity contribution in [2.45, 2.75) is 91.1 Å². The van der Waals surface area contributed by atoms with Crippen molar-refractivity contribution < 1.29 is 19.4 Å². The van der Waals surface area contributed by atoms with E-state index in [-0.39, 0.29) is 36.5 Å². The number of benzene rings is 1. The molecule has 1 aliphatic carbocycles. The van der Waals surface area contributed by atoms with E-state index in [1.54, 1.807) is 27.0 Å². The number of aromatic nitrogens is 4. The molecule has 2 fully saturated rings. The lowest BCUT2D eigenvalue weighted by Gasteiger charge is -2.37. The molecule has 4 heterocycles. The van der Waals surface area contributed by atoms with Crippen LogP contribution in [0, 0.1) is 11.3 Å². The van der Waals surface area contributed by atoms with Crippen LogP contribution in [0.15, 0.2) is 30.3 Å². The van der Waals surface area contributed by atoms with Crippen LogP contribution in [0.2, 0.25) is 0 Å². The molecule has 6 rings (SSSR count). The van der Waals surface area contributed by atoms with Gasteiger partial charge in [-0.25, -0.2) is 9.97 Å². The van der Waals surface area contributed by atoms with Crippen LogP contribution in [0.5, 0.6) is 5.75 Å². The van der Waals surface area contributed by atoms with Gasteiger partial charge in [0.1, 0.15) is 16.9 Å². The predicted octanol–water partition coefficient (Wildman–Crippen LogP) is 4.54. The number of carbonyl (C=O) groups is 2. The Morgan fingerprint density at radius 2 is 1.87 bits per heavy atom. The number of fused-ring (bicyclic) bond motifs is 4. The minimum Gasteiger partial charge on any atom is -0.494 e. The summed E-state index contributed by atoms with van der Waals surface area (Å²) in [5.41, 5.74) is 8.93. The quantitative estimate of drug-likeness (QED) is 0.273. The highest BCUT2D eigenvalue weighted by Gasteiger charge is 2.41. The molecule has 0 radical (unpaired) electrons. The minimum absolute atomic E-state index is 0.000606. The van der Waals surface area contributed by atoms with Crippen molar-refractivity contribution in [1.82, 2.24) is 29.3 Å². The molecular weight excluding hydrogens is 582 g/mol. The van der Waals surface area contributed by atoms with Gasteiger partial charge in [-0.3, -0.25) is 9.59 Å². The van der Waals surface area contributed by atoms with E-state index in [2.05, 4.69) is 5.32 Å². The fraction of sp³-hybridized carbons (Fsp3) is 0.543. The van der Waals surface area contributed by atoms with Crippen molar-refractivity contribution in [1.29, 1.82) is 0 Å². The third-order valence-corrected chi connectivity index (χ3v) is 9.57. The molecule has 2 amide bonds. The maximum absolute atomic E-state index is 13.9. The molecule has 2 aliphatic rings. The summed E-state index contributed by atoms with van der Waals surface area (Å²) in [6.45, 7) is 11.9. The molecule has 1 saturated heterocycles. The lowest BCUT2D eigenvalue weighted by Crippen LogP contribution is -2.51. The zero-order valence-electron chi connectivity index (χ0n) is 28.2. The van der Waals surface area contributed by atoms with Crippen LogP contribution in [0.4, 0.5) is 0 Å². The number of piperidine rings is 1. The fourth-order valence-electron chi connectivity index (χ4n) is 7.02. The van der Waals surface area contributed by atoms with E-state index >= 15 is 0 Å². The van der Waals surface area contributed by atoms with Crippen LogP contribution >= 0.6 is 0 Å². The van der Waals surface area contributed by atoms with Gasteiger partial charge < -0.3 is 34.9 Å². The maximum Gasteiger partial charge on any atom is 0.254 e. The van der Waals surface area contributed by atoms with Crippen molar-refractivity contribution in [3.05, 3.63) is 41.6 Å². The number of nitrogens with two attached hydrogens (primary N) is 1. The number of amides is 2. The third kappa shape index (κ3) is 5.75. The van der Waals surface area contributed by atoms with E-state index in [4.69, 9.17) is 20.4 Å². The molecule has 11 heteroatoms. The first-order valence-electron chi connectivity index (χ1n) is 16.2. The van der Waals surface area contributed by atoms with Crippen LogP contribution < -0.4 is 15.8 Å². The molecule has 1 aliphatic heterocycles. The van der Waals surface area contributed by atoms with Gasteiger partial charge >= 0.3 is 0 Å². The number of aliphatic hydroxyl groups is 1. The van der Waals surface area contributed by atoms with Gasteiger partial charge in [0.25, 0.3) is 5.91 Å². The van der Waals surface area contributed by atoms with Crippen molar-refractivity contribution in [2.75, 3.05) is 13.7 Å². The Morgan fingerprint density at radius 1 is 1.13 bits per heavy atom. The topological polar surface area (TPSA) is 141 Å². The highest BCUT2D eigenvalue weighted by atomic mass is 16.5. The summed E-state index contributed by atoms with van der Waals surface area (Å²) in [4.78, 5) is 38.5. The molecule has 0 spiro atoms. The van der Waals surface area contributed by atoms with E-state index in [1.807, 2.05) is 73.0 Å². The summed E-state index contributed by atoms with van der Waals surface area (Å²) < 4.78 is 9.77. The van der Waals surface area contributed by atoms with E-state index in [0.717, 1.165) is 35.9 Å². The minimum atomic E-state index is -1.05. The number of carbonyl (C=O) groups excluding carboxylic acids is 2. The Balaban J connectivity index is 1.44. The number of methoxy groups -OCH3 is 1. The molecule has 1 saturated carbocycles. The molecule has 1 aromatic carbocycles. The van der Waals surface area contributed by atoms with Gasteiger partial charge in [0.15, 0.2) is 5.82 Å². The zero-order valence-corrected chi connectivity index (χ0v) is 28.2. The van der Waals surface area contributed by atoms with Crippen LogP contribution in [0.3, 0.4) is 0 Å².